The first-order valence-electron chi connectivity index (χ1n) is 10.5. The summed E-state index contributed by atoms with van der Waals surface area (Å²) >= 11 is 0. The van der Waals surface area contributed by atoms with Gasteiger partial charge in [-0.1, -0.05) is 18.2 Å². The van der Waals surface area contributed by atoms with Gasteiger partial charge in [0.15, 0.2) is 5.75 Å². The maximum atomic E-state index is 14.0. The molecule has 0 aliphatic carbocycles. The van der Waals surface area contributed by atoms with Crippen molar-refractivity contribution >= 4 is 21.6 Å². The number of carbonyl (C=O) groups excluding carboxylic acids is 1. The minimum atomic E-state index is -3.84. The fraction of sp³-hybridized carbons (Fsp3) is 0.208. The first-order valence-corrected chi connectivity index (χ1v) is 12.0. The second kappa shape index (κ2) is 10.3. The Morgan fingerprint density at radius 2 is 1.71 bits per heavy atom. The average Bonchev–Trinajstić information content (AvgIpc) is 2.83. The number of nitrogens with zero attached hydrogens (tertiary/aromatic N) is 1. The zero-order valence-electron chi connectivity index (χ0n) is 18.0. The molecule has 0 spiro atoms. The molecular weight excluding hydrogens is 466 g/mol. The van der Waals surface area contributed by atoms with Gasteiger partial charge in [-0.15, -0.1) is 0 Å². The molecule has 1 amide bonds. The highest BCUT2D eigenvalue weighted by molar-refractivity contribution is 7.89. The number of benzene rings is 3. The Labute approximate surface area is 196 Å². The lowest BCUT2D eigenvalue weighted by atomic mass is 10.1. The normalized spacial score (nSPS) is 14.5. The van der Waals surface area contributed by atoms with Gasteiger partial charge >= 0.3 is 0 Å². The van der Waals surface area contributed by atoms with Crippen molar-refractivity contribution in [3.05, 3.63) is 83.9 Å². The maximum absolute atomic E-state index is 14.0. The van der Waals surface area contributed by atoms with Crippen LogP contribution in [-0.4, -0.2) is 44.9 Å². The Morgan fingerprint density at radius 1 is 1.00 bits per heavy atom. The first kappa shape index (κ1) is 23.8. The van der Waals surface area contributed by atoms with E-state index in [4.69, 9.17) is 9.47 Å². The molecule has 0 bridgehead atoms. The molecule has 0 aromatic heterocycles. The highest BCUT2D eigenvalue weighted by atomic mass is 32.2. The number of anilines is 1. The van der Waals surface area contributed by atoms with E-state index in [-0.39, 0.29) is 60.4 Å². The van der Waals surface area contributed by atoms with Crippen LogP contribution >= 0.6 is 0 Å². The van der Waals surface area contributed by atoms with Gasteiger partial charge < -0.3 is 14.8 Å². The van der Waals surface area contributed by atoms with Gasteiger partial charge in [-0.3, -0.25) is 4.79 Å². The predicted molar refractivity (Wildman–Crippen MR) is 121 cm³/mol. The molecule has 0 atom stereocenters. The van der Waals surface area contributed by atoms with Gasteiger partial charge in [0.25, 0.3) is 0 Å². The Kier molecular flexibility index (Phi) is 7.20. The summed E-state index contributed by atoms with van der Waals surface area (Å²) < 4.78 is 65.7. The summed E-state index contributed by atoms with van der Waals surface area (Å²) in [7, 11) is -3.84. The summed E-state index contributed by atoms with van der Waals surface area (Å²) in [5.41, 5.74) is 0.276. The second-order valence-corrected chi connectivity index (χ2v) is 9.48. The van der Waals surface area contributed by atoms with E-state index in [2.05, 4.69) is 5.32 Å². The van der Waals surface area contributed by atoms with Gasteiger partial charge in [0.2, 0.25) is 15.9 Å². The van der Waals surface area contributed by atoms with Crippen molar-refractivity contribution in [3.8, 4) is 11.5 Å². The molecule has 178 valence electrons. The molecule has 1 aliphatic heterocycles. The summed E-state index contributed by atoms with van der Waals surface area (Å²) in [4.78, 5) is 12.6. The molecule has 3 aromatic rings. The summed E-state index contributed by atoms with van der Waals surface area (Å²) in [5.74, 6) is -1.10. The highest BCUT2D eigenvalue weighted by Crippen LogP contribution is 2.33. The fourth-order valence-corrected chi connectivity index (χ4v) is 4.87. The lowest BCUT2D eigenvalue weighted by Crippen LogP contribution is -2.40. The van der Waals surface area contributed by atoms with Crippen LogP contribution in [0.1, 0.15) is 5.56 Å². The van der Waals surface area contributed by atoms with E-state index in [1.54, 1.807) is 6.07 Å². The third-order valence-corrected chi connectivity index (χ3v) is 7.08. The molecule has 1 heterocycles. The van der Waals surface area contributed by atoms with Crippen molar-refractivity contribution in [2.24, 2.45) is 0 Å². The summed E-state index contributed by atoms with van der Waals surface area (Å²) in [6.45, 7) is 1.00. The molecule has 0 radical (unpaired) electrons. The summed E-state index contributed by atoms with van der Waals surface area (Å²) in [6.07, 6.45) is -0.261. The lowest BCUT2D eigenvalue weighted by molar-refractivity contribution is -0.115. The molecule has 34 heavy (non-hydrogen) atoms. The van der Waals surface area contributed by atoms with E-state index >= 15 is 0 Å². The smallest absolute Gasteiger partial charge is 0.243 e. The number of halogens is 2. The van der Waals surface area contributed by atoms with Crippen LogP contribution in [0.15, 0.2) is 71.6 Å². The van der Waals surface area contributed by atoms with Gasteiger partial charge in [-0.25, -0.2) is 17.2 Å². The zero-order chi connectivity index (χ0) is 24.1. The van der Waals surface area contributed by atoms with E-state index < -0.39 is 27.6 Å². The first-order chi connectivity index (χ1) is 16.3. The number of carbonyl (C=O) groups is 1. The molecule has 10 heteroatoms. The molecule has 7 nitrogen and oxygen atoms in total. The minimum Gasteiger partial charge on any atom is -0.455 e. The average molecular weight is 489 g/mol. The molecule has 1 N–H and O–H groups in total. The monoisotopic (exact) mass is 488 g/mol. The van der Waals surface area contributed by atoms with Crippen molar-refractivity contribution < 1.29 is 31.5 Å². The Morgan fingerprint density at radius 3 is 2.41 bits per heavy atom. The Balaban J connectivity index is 1.64. The zero-order valence-corrected chi connectivity index (χ0v) is 18.9. The van der Waals surface area contributed by atoms with Crippen LogP contribution in [0.25, 0.3) is 0 Å². The van der Waals surface area contributed by atoms with Crippen LogP contribution in [0.2, 0.25) is 0 Å². The van der Waals surface area contributed by atoms with E-state index in [1.807, 2.05) is 0 Å². The van der Waals surface area contributed by atoms with Crippen LogP contribution in [0.3, 0.4) is 0 Å². The second-order valence-electron chi connectivity index (χ2n) is 7.55. The number of sulfonamides is 1. The molecule has 3 aromatic carbocycles. The van der Waals surface area contributed by atoms with E-state index in [9.17, 15) is 22.0 Å². The number of hydrogen-bond donors (Lipinski definition) is 1. The summed E-state index contributed by atoms with van der Waals surface area (Å²) in [5, 5.41) is 2.62. The van der Waals surface area contributed by atoms with Gasteiger partial charge in [0.1, 0.15) is 17.4 Å². The van der Waals surface area contributed by atoms with Crippen molar-refractivity contribution in [1.29, 1.82) is 0 Å². The highest BCUT2D eigenvalue weighted by Gasteiger charge is 2.27. The van der Waals surface area contributed by atoms with Crippen molar-refractivity contribution in [2.75, 3.05) is 31.6 Å². The Hall–Kier alpha value is -3.34. The largest absolute Gasteiger partial charge is 0.455 e. The van der Waals surface area contributed by atoms with Crippen molar-refractivity contribution in [3.63, 3.8) is 0 Å². The molecule has 1 fully saturated rings. The van der Waals surface area contributed by atoms with Gasteiger partial charge in [0.05, 0.1) is 30.2 Å². The number of rotatable bonds is 7. The maximum Gasteiger partial charge on any atom is 0.243 e. The standard InChI is InChI=1S/C24H22F2N2O5S/c25-18-5-7-19(8-6-18)33-23-10-9-20(34(30,31)28-11-13-32-14-12-28)16-22(23)27-24(29)15-17-3-1-2-4-21(17)26/h1-10,16H,11-15H2,(H,27,29). The van der Waals surface area contributed by atoms with Crippen LogP contribution in [0, 0.1) is 11.6 Å². The van der Waals surface area contributed by atoms with Crippen LogP contribution in [-0.2, 0) is 26.0 Å². The van der Waals surface area contributed by atoms with Gasteiger partial charge in [-0.05, 0) is 54.1 Å². The third-order valence-electron chi connectivity index (χ3n) is 5.18. The van der Waals surface area contributed by atoms with E-state index in [1.165, 1.54) is 65.0 Å². The SMILES string of the molecule is O=C(Cc1ccccc1F)Nc1cc(S(=O)(=O)N2CCOCC2)ccc1Oc1ccc(F)cc1. The summed E-state index contributed by atoms with van der Waals surface area (Å²) in [6, 6.07) is 15.2. The number of ether oxygens (including phenoxy) is 2. The molecule has 1 saturated heterocycles. The third kappa shape index (κ3) is 5.58. The van der Waals surface area contributed by atoms with Crippen molar-refractivity contribution in [2.45, 2.75) is 11.3 Å². The predicted octanol–water partition coefficient (Wildman–Crippen LogP) is 3.96. The number of morpholine rings is 1. The fourth-order valence-electron chi connectivity index (χ4n) is 3.43. The number of amides is 1. The lowest BCUT2D eigenvalue weighted by Gasteiger charge is -2.26. The molecule has 0 unspecified atom stereocenters. The number of nitrogens with one attached hydrogen (secondary N) is 1. The van der Waals surface area contributed by atoms with E-state index in [0.717, 1.165) is 0 Å². The molecule has 0 saturated carbocycles. The minimum absolute atomic E-state index is 0.0398. The topological polar surface area (TPSA) is 84.9 Å². The van der Waals surface area contributed by atoms with Crippen LogP contribution in [0.5, 0.6) is 11.5 Å². The quantitative estimate of drug-likeness (QED) is 0.544. The molecule has 4 rings (SSSR count). The molecule has 1 aliphatic rings. The van der Waals surface area contributed by atoms with Gasteiger partial charge in [-0.2, -0.15) is 4.31 Å². The van der Waals surface area contributed by atoms with Crippen LogP contribution in [0.4, 0.5) is 14.5 Å². The van der Waals surface area contributed by atoms with Crippen LogP contribution < -0.4 is 10.1 Å². The van der Waals surface area contributed by atoms with Gasteiger partial charge in [0, 0.05) is 13.1 Å². The number of hydrogen-bond acceptors (Lipinski definition) is 5. The van der Waals surface area contributed by atoms with Crippen molar-refractivity contribution in [1.82, 2.24) is 4.31 Å². The molecular formula is C24H22F2N2O5S. The van der Waals surface area contributed by atoms with E-state index in [0.29, 0.717) is 0 Å². The Bertz CT molecular complexity index is 1280.